The van der Waals surface area contributed by atoms with Crippen LogP contribution in [0, 0.1) is 0 Å². The van der Waals surface area contributed by atoms with Crippen molar-refractivity contribution in [3.63, 3.8) is 0 Å². The highest BCUT2D eigenvalue weighted by Crippen LogP contribution is 2.19. The van der Waals surface area contributed by atoms with Gasteiger partial charge in [0, 0.05) is 23.6 Å². The van der Waals surface area contributed by atoms with Crippen molar-refractivity contribution in [1.29, 1.82) is 0 Å². The first-order valence-corrected chi connectivity index (χ1v) is 8.61. The van der Waals surface area contributed by atoms with Gasteiger partial charge in [0.15, 0.2) is 5.84 Å². The van der Waals surface area contributed by atoms with Crippen LogP contribution in [0.15, 0.2) is 59.8 Å². The summed E-state index contributed by atoms with van der Waals surface area (Å²) in [7, 11) is 0. The smallest absolute Gasteiger partial charge is 0.306 e. The zero-order valence-corrected chi connectivity index (χ0v) is 15.1. The van der Waals surface area contributed by atoms with Crippen LogP contribution in [0.2, 0.25) is 0 Å². The molecule has 0 aliphatic carbocycles. The molecule has 1 unspecified atom stereocenters. The molecule has 0 aliphatic rings. The first-order valence-electron chi connectivity index (χ1n) is 8.61. The first kappa shape index (κ1) is 20.0. The molecule has 2 aromatic rings. The Balaban J connectivity index is 2.09. The third-order valence-electron chi connectivity index (χ3n) is 4.03. The molecule has 0 bridgehead atoms. The van der Waals surface area contributed by atoms with Gasteiger partial charge < -0.3 is 21.0 Å². The Morgan fingerprint density at radius 3 is 2.52 bits per heavy atom. The number of hydrogen-bond acceptors (Lipinski definition) is 5. The first-order chi connectivity index (χ1) is 13.0. The number of hydrogen-bond donors (Lipinski definition) is 3. The largest absolute Gasteiger partial charge is 0.466 e. The average molecular weight is 369 g/mol. The van der Waals surface area contributed by atoms with Crippen LogP contribution in [-0.4, -0.2) is 36.1 Å². The van der Waals surface area contributed by atoms with Crippen molar-refractivity contribution >= 4 is 17.7 Å². The van der Waals surface area contributed by atoms with Crippen LogP contribution in [0.5, 0.6) is 0 Å². The summed E-state index contributed by atoms with van der Waals surface area (Å²) < 4.78 is 5.04. The third-order valence-corrected chi connectivity index (χ3v) is 4.03. The minimum atomic E-state index is -0.313. The molecule has 0 fully saturated rings. The fourth-order valence-electron chi connectivity index (χ4n) is 2.65. The number of rotatable bonds is 8. The minimum Gasteiger partial charge on any atom is -0.466 e. The second kappa shape index (κ2) is 9.96. The Bertz CT molecular complexity index is 806. The van der Waals surface area contributed by atoms with E-state index in [1.165, 1.54) is 6.07 Å². The fraction of sp³-hybridized carbons (Fsp3) is 0.250. The van der Waals surface area contributed by atoms with Crippen molar-refractivity contribution in [3.8, 4) is 0 Å². The van der Waals surface area contributed by atoms with Gasteiger partial charge in [-0.05, 0) is 24.6 Å². The molecule has 0 saturated carbocycles. The van der Waals surface area contributed by atoms with Gasteiger partial charge in [0.2, 0.25) is 0 Å². The van der Waals surface area contributed by atoms with Crippen LogP contribution in [0.1, 0.15) is 40.7 Å². The summed E-state index contributed by atoms with van der Waals surface area (Å²) in [6.45, 7) is 2.34. The SMILES string of the molecule is CCOC(=O)CC(CNC(=O)c1cccc(C(N)=NO)c1)c1ccccc1. The summed E-state index contributed by atoms with van der Waals surface area (Å²) in [6.07, 6.45) is 0.169. The van der Waals surface area contributed by atoms with Crippen molar-refractivity contribution in [3.05, 3.63) is 71.3 Å². The van der Waals surface area contributed by atoms with E-state index in [4.69, 9.17) is 15.7 Å². The van der Waals surface area contributed by atoms with Crippen LogP contribution in [-0.2, 0) is 9.53 Å². The quantitative estimate of drug-likeness (QED) is 0.217. The highest BCUT2D eigenvalue weighted by Gasteiger charge is 2.18. The second-order valence-electron chi connectivity index (χ2n) is 5.89. The van der Waals surface area contributed by atoms with Gasteiger partial charge in [0.1, 0.15) is 0 Å². The molecule has 142 valence electrons. The Morgan fingerprint density at radius 2 is 1.85 bits per heavy atom. The van der Waals surface area contributed by atoms with Crippen molar-refractivity contribution < 1.29 is 19.5 Å². The number of nitrogens with one attached hydrogen (secondary N) is 1. The van der Waals surface area contributed by atoms with Gasteiger partial charge in [-0.2, -0.15) is 0 Å². The third kappa shape index (κ3) is 5.85. The van der Waals surface area contributed by atoms with E-state index in [-0.39, 0.29) is 36.6 Å². The normalized spacial score (nSPS) is 12.3. The molecular formula is C20H23N3O4. The number of carbonyl (C=O) groups excluding carboxylic acids is 2. The van der Waals surface area contributed by atoms with E-state index in [0.717, 1.165) is 5.56 Å². The molecule has 4 N–H and O–H groups in total. The van der Waals surface area contributed by atoms with E-state index in [1.807, 2.05) is 30.3 Å². The molecular weight excluding hydrogens is 346 g/mol. The van der Waals surface area contributed by atoms with E-state index < -0.39 is 0 Å². The molecule has 0 aromatic heterocycles. The summed E-state index contributed by atoms with van der Waals surface area (Å²) >= 11 is 0. The van der Waals surface area contributed by atoms with Gasteiger partial charge in [-0.3, -0.25) is 9.59 Å². The maximum absolute atomic E-state index is 12.5. The van der Waals surface area contributed by atoms with Crippen molar-refractivity contribution in [1.82, 2.24) is 5.32 Å². The number of amides is 1. The van der Waals surface area contributed by atoms with Crippen molar-refractivity contribution in [2.24, 2.45) is 10.9 Å². The number of esters is 1. The molecule has 2 aromatic carbocycles. The lowest BCUT2D eigenvalue weighted by Gasteiger charge is -2.17. The van der Waals surface area contributed by atoms with E-state index >= 15 is 0 Å². The number of oxime groups is 1. The monoisotopic (exact) mass is 369 g/mol. The number of nitrogens with two attached hydrogens (primary N) is 1. The summed E-state index contributed by atoms with van der Waals surface area (Å²) in [5, 5.41) is 14.5. The Hall–Kier alpha value is -3.35. The molecule has 0 radical (unpaired) electrons. The summed E-state index contributed by atoms with van der Waals surface area (Å²) in [5.41, 5.74) is 7.32. The maximum Gasteiger partial charge on any atom is 0.306 e. The molecule has 0 aliphatic heterocycles. The van der Waals surface area contributed by atoms with Crippen molar-refractivity contribution in [2.75, 3.05) is 13.2 Å². The van der Waals surface area contributed by atoms with Crippen LogP contribution in [0.4, 0.5) is 0 Å². The van der Waals surface area contributed by atoms with E-state index in [2.05, 4.69) is 10.5 Å². The predicted molar refractivity (Wildman–Crippen MR) is 102 cm³/mol. The summed E-state index contributed by atoms with van der Waals surface area (Å²) in [6, 6.07) is 15.9. The van der Waals surface area contributed by atoms with Gasteiger partial charge in [0.05, 0.1) is 13.0 Å². The number of carbonyl (C=O) groups is 2. The number of benzene rings is 2. The van der Waals surface area contributed by atoms with E-state index in [0.29, 0.717) is 17.7 Å². The van der Waals surface area contributed by atoms with Crippen LogP contribution in [0.25, 0.3) is 0 Å². The lowest BCUT2D eigenvalue weighted by molar-refractivity contribution is -0.143. The topological polar surface area (TPSA) is 114 Å². The number of amidine groups is 1. The Morgan fingerprint density at radius 1 is 1.15 bits per heavy atom. The zero-order valence-electron chi connectivity index (χ0n) is 15.1. The summed E-state index contributed by atoms with van der Waals surface area (Å²) in [4.78, 5) is 24.4. The molecule has 1 amide bonds. The molecule has 2 rings (SSSR count). The Labute approximate surface area is 157 Å². The van der Waals surface area contributed by atoms with Gasteiger partial charge in [-0.1, -0.05) is 47.6 Å². The van der Waals surface area contributed by atoms with E-state index in [1.54, 1.807) is 25.1 Å². The van der Waals surface area contributed by atoms with Gasteiger partial charge >= 0.3 is 5.97 Å². The van der Waals surface area contributed by atoms with Crippen LogP contribution in [0.3, 0.4) is 0 Å². The fourth-order valence-corrected chi connectivity index (χ4v) is 2.65. The molecule has 0 heterocycles. The lowest BCUT2D eigenvalue weighted by atomic mass is 9.95. The minimum absolute atomic E-state index is 0.0749. The lowest BCUT2D eigenvalue weighted by Crippen LogP contribution is -2.30. The molecule has 27 heavy (non-hydrogen) atoms. The average Bonchev–Trinajstić information content (AvgIpc) is 2.71. The highest BCUT2D eigenvalue weighted by molar-refractivity contribution is 6.01. The zero-order chi connectivity index (χ0) is 19.6. The van der Waals surface area contributed by atoms with Crippen LogP contribution >= 0.6 is 0 Å². The van der Waals surface area contributed by atoms with Gasteiger partial charge in [-0.15, -0.1) is 0 Å². The molecule has 7 nitrogen and oxygen atoms in total. The highest BCUT2D eigenvalue weighted by atomic mass is 16.5. The standard InChI is InChI=1S/C20H23N3O4/c1-2-27-18(24)12-17(14-7-4-3-5-8-14)13-22-20(25)16-10-6-9-15(11-16)19(21)23-26/h3-11,17,26H,2,12-13H2,1H3,(H2,21,23)(H,22,25). The van der Waals surface area contributed by atoms with Crippen molar-refractivity contribution in [2.45, 2.75) is 19.3 Å². The second-order valence-corrected chi connectivity index (χ2v) is 5.89. The predicted octanol–water partition coefficient (Wildman–Crippen LogP) is 2.25. The van der Waals surface area contributed by atoms with Crippen LogP contribution < -0.4 is 11.1 Å². The number of ether oxygens (including phenoxy) is 1. The van der Waals surface area contributed by atoms with E-state index in [9.17, 15) is 9.59 Å². The summed E-state index contributed by atoms with van der Waals surface area (Å²) in [5.74, 6) is -0.905. The molecule has 0 saturated heterocycles. The maximum atomic E-state index is 12.5. The molecule has 7 heteroatoms. The molecule has 1 atom stereocenters. The van der Waals surface area contributed by atoms with Gasteiger partial charge in [-0.25, -0.2) is 0 Å². The Kier molecular flexibility index (Phi) is 7.37. The van der Waals surface area contributed by atoms with Gasteiger partial charge in [0.25, 0.3) is 5.91 Å². The molecule has 0 spiro atoms. The number of nitrogens with zero attached hydrogens (tertiary/aromatic N) is 1.